The Bertz CT molecular complexity index is 886. The van der Waals surface area contributed by atoms with E-state index in [9.17, 15) is 18.0 Å². The molecule has 28 heavy (non-hydrogen) atoms. The predicted molar refractivity (Wildman–Crippen MR) is 96.9 cm³/mol. The lowest BCUT2D eigenvalue weighted by Gasteiger charge is -2.28. The van der Waals surface area contributed by atoms with E-state index in [1.54, 1.807) is 0 Å². The van der Waals surface area contributed by atoms with Crippen molar-refractivity contribution >= 4 is 11.7 Å². The molecule has 0 unspecified atom stereocenters. The van der Waals surface area contributed by atoms with Gasteiger partial charge >= 0.3 is 0 Å². The molecule has 1 aliphatic heterocycles. The van der Waals surface area contributed by atoms with Crippen molar-refractivity contribution in [3.63, 3.8) is 0 Å². The van der Waals surface area contributed by atoms with Gasteiger partial charge in [0.2, 0.25) is 5.82 Å². The van der Waals surface area contributed by atoms with Crippen molar-refractivity contribution in [3.8, 4) is 5.75 Å². The Morgan fingerprint density at radius 1 is 1.14 bits per heavy atom. The van der Waals surface area contributed by atoms with Gasteiger partial charge in [0.1, 0.15) is 11.6 Å². The number of nitrogens with one attached hydrogen (secondary N) is 1. The molecule has 0 aliphatic carbocycles. The minimum Gasteiger partial charge on any atom is -0.491 e. The number of aryl methyl sites for hydroxylation is 1. The van der Waals surface area contributed by atoms with E-state index >= 15 is 0 Å². The van der Waals surface area contributed by atoms with Gasteiger partial charge in [-0.15, -0.1) is 0 Å². The fourth-order valence-electron chi connectivity index (χ4n) is 3.16. The first kappa shape index (κ1) is 19.9. The monoisotopic (exact) mass is 394 g/mol. The van der Waals surface area contributed by atoms with Gasteiger partial charge < -0.3 is 15.0 Å². The smallest absolute Gasteiger partial charge is 0.254 e. The number of hydrogen-bond donors (Lipinski definition) is 1. The number of nitrogens with zero attached hydrogens (tertiary/aromatic N) is 3. The van der Waals surface area contributed by atoms with Crippen LogP contribution in [0.5, 0.6) is 5.75 Å². The highest BCUT2D eigenvalue weighted by Gasteiger charge is 2.24. The zero-order valence-corrected chi connectivity index (χ0v) is 15.7. The molecule has 0 radical (unpaired) electrons. The van der Waals surface area contributed by atoms with Gasteiger partial charge in [-0.25, -0.2) is 18.7 Å². The summed E-state index contributed by atoms with van der Waals surface area (Å²) in [7, 11) is 0.991. The van der Waals surface area contributed by atoms with Crippen LogP contribution in [0.25, 0.3) is 0 Å². The Labute approximate surface area is 160 Å². The maximum Gasteiger partial charge on any atom is 0.254 e. The van der Waals surface area contributed by atoms with Crippen LogP contribution in [0.3, 0.4) is 0 Å². The van der Waals surface area contributed by atoms with Crippen LogP contribution in [0.4, 0.5) is 19.0 Å². The second-order valence-electron chi connectivity index (χ2n) is 6.58. The van der Waals surface area contributed by atoms with Gasteiger partial charge in [-0.2, -0.15) is 4.39 Å². The standard InChI is InChI=1S/C19H21F3N4O2/c1-11-8-15(26-6-4-3-5-7-26)25-14(24-11)10-23-19(27)12-9-13(20)17(22)18(28-2)16(12)21/h8-9H,3-7,10H2,1-2H3,(H,23,27). The minimum absolute atomic E-state index is 0.0812. The number of benzene rings is 1. The second-order valence-corrected chi connectivity index (χ2v) is 6.58. The van der Waals surface area contributed by atoms with E-state index in [1.165, 1.54) is 6.42 Å². The number of piperidine rings is 1. The summed E-state index contributed by atoms with van der Waals surface area (Å²) in [5, 5.41) is 2.44. The van der Waals surface area contributed by atoms with Crippen LogP contribution in [0.15, 0.2) is 12.1 Å². The maximum atomic E-state index is 14.2. The lowest BCUT2D eigenvalue weighted by molar-refractivity contribution is 0.0944. The van der Waals surface area contributed by atoms with E-state index in [2.05, 4.69) is 24.9 Å². The van der Waals surface area contributed by atoms with Crippen molar-refractivity contribution < 1.29 is 22.7 Å². The molecule has 2 heterocycles. The molecule has 1 N–H and O–H groups in total. The summed E-state index contributed by atoms with van der Waals surface area (Å²) in [6, 6.07) is 2.37. The Kier molecular flexibility index (Phi) is 6.01. The number of amides is 1. The molecule has 2 aromatic rings. The number of carbonyl (C=O) groups excluding carboxylic acids is 1. The highest BCUT2D eigenvalue weighted by atomic mass is 19.2. The second kappa shape index (κ2) is 8.45. The summed E-state index contributed by atoms with van der Waals surface area (Å²) in [6.07, 6.45) is 3.37. The molecule has 0 spiro atoms. The Morgan fingerprint density at radius 2 is 1.86 bits per heavy atom. The number of methoxy groups -OCH3 is 1. The fraction of sp³-hybridized carbons (Fsp3) is 0.421. The first-order chi connectivity index (χ1) is 13.4. The van der Waals surface area contributed by atoms with Gasteiger partial charge in [0.15, 0.2) is 17.4 Å². The topological polar surface area (TPSA) is 67.3 Å². The third kappa shape index (κ3) is 4.18. The van der Waals surface area contributed by atoms with Gasteiger partial charge in [-0.3, -0.25) is 4.79 Å². The molecular weight excluding hydrogens is 373 g/mol. The molecule has 1 aliphatic rings. The van der Waals surface area contributed by atoms with E-state index in [-0.39, 0.29) is 6.54 Å². The van der Waals surface area contributed by atoms with Crippen molar-refractivity contribution in [1.29, 1.82) is 0 Å². The van der Waals surface area contributed by atoms with Crippen LogP contribution in [0.1, 0.15) is 41.1 Å². The normalized spacial score (nSPS) is 14.1. The quantitative estimate of drug-likeness (QED) is 0.790. The molecular formula is C19H21F3N4O2. The Morgan fingerprint density at radius 3 is 2.54 bits per heavy atom. The third-order valence-corrected chi connectivity index (χ3v) is 4.54. The molecule has 150 valence electrons. The number of ether oxygens (including phenoxy) is 1. The largest absolute Gasteiger partial charge is 0.491 e. The molecule has 0 saturated carbocycles. The van der Waals surface area contributed by atoms with Crippen molar-refractivity contribution in [2.24, 2.45) is 0 Å². The highest BCUT2D eigenvalue weighted by Crippen LogP contribution is 2.27. The SMILES string of the molecule is COc1c(F)c(F)cc(C(=O)NCc2nc(C)cc(N3CCCCC3)n2)c1F. The molecule has 0 atom stereocenters. The molecule has 1 aromatic carbocycles. The van der Waals surface area contributed by atoms with Crippen molar-refractivity contribution in [3.05, 3.63) is 46.7 Å². The molecule has 3 rings (SSSR count). The number of carbonyl (C=O) groups is 1. The zero-order valence-electron chi connectivity index (χ0n) is 15.7. The van der Waals surface area contributed by atoms with Crippen molar-refractivity contribution in [2.45, 2.75) is 32.7 Å². The number of hydrogen-bond acceptors (Lipinski definition) is 5. The molecule has 1 fully saturated rings. The van der Waals surface area contributed by atoms with Gasteiger partial charge in [0.25, 0.3) is 5.91 Å². The van der Waals surface area contributed by atoms with Crippen molar-refractivity contribution in [2.75, 3.05) is 25.1 Å². The average Bonchev–Trinajstić information content (AvgIpc) is 2.69. The Hall–Kier alpha value is -2.84. The number of halogens is 3. The lowest BCUT2D eigenvalue weighted by Crippen LogP contribution is -2.31. The highest BCUT2D eigenvalue weighted by molar-refractivity contribution is 5.94. The zero-order chi connectivity index (χ0) is 20.3. The van der Waals surface area contributed by atoms with Crippen LogP contribution in [0, 0.1) is 24.4 Å². The molecule has 0 bridgehead atoms. The number of aromatic nitrogens is 2. The summed E-state index contributed by atoms with van der Waals surface area (Å²) in [6.45, 7) is 3.55. The maximum absolute atomic E-state index is 14.2. The Balaban J connectivity index is 1.76. The van der Waals surface area contributed by atoms with E-state index in [0.29, 0.717) is 11.9 Å². The van der Waals surface area contributed by atoms with Crippen LogP contribution in [-0.2, 0) is 6.54 Å². The molecule has 6 nitrogen and oxygen atoms in total. The summed E-state index contributed by atoms with van der Waals surface area (Å²) in [4.78, 5) is 23.2. The van der Waals surface area contributed by atoms with E-state index in [1.807, 2.05) is 13.0 Å². The summed E-state index contributed by atoms with van der Waals surface area (Å²) < 4.78 is 45.9. The third-order valence-electron chi connectivity index (χ3n) is 4.54. The van der Waals surface area contributed by atoms with E-state index < -0.39 is 34.7 Å². The van der Waals surface area contributed by atoms with Crippen LogP contribution < -0.4 is 15.0 Å². The van der Waals surface area contributed by atoms with Crippen LogP contribution in [-0.4, -0.2) is 36.1 Å². The van der Waals surface area contributed by atoms with Crippen LogP contribution >= 0.6 is 0 Å². The first-order valence-electron chi connectivity index (χ1n) is 9.00. The summed E-state index contributed by atoms with van der Waals surface area (Å²) in [5.74, 6) is -4.85. The molecule has 1 saturated heterocycles. The summed E-state index contributed by atoms with van der Waals surface area (Å²) in [5.41, 5.74) is 0.0835. The summed E-state index contributed by atoms with van der Waals surface area (Å²) >= 11 is 0. The van der Waals surface area contributed by atoms with Gasteiger partial charge in [-0.05, 0) is 32.3 Å². The van der Waals surface area contributed by atoms with Crippen molar-refractivity contribution in [1.82, 2.24) is 15.3 Å². The van der Waals surface area contributed by atoms with Gasteiger partial charge in [0, 0.05) is 24.8 Å². The molecule has 9 heteroatoms. The average molecular weight is 394 g/mol. The van der Waals surface area contributed by atoms with E-state index in [0.717, 1.165) is 44.6 Å². The predicted octanol–water partition coefficient (Wildman–Crippen LogP) is 3.13. The van der Waals surface area contributed by atoms with Gasteiger partial charge in [0.05, 0.1) is 19.2 Å². The molecule has 1 aromatic heterocycles. The number of rotatable bonds is 5. The first-order valence-corrected chi connectivity index (χ1v) is 9.00. The number of anilines is 1. The fourth-order valence-corrected chi connectivity index (χ4v) is 3.16. The van der Waals surface area contributed by atoms with Gasteiger partial charge in [-0.1, -0.05) is 0 Å². The van der Waals surface area contributed by atoms with Crippen LogP contribution in [0.2, 0.25) is 0 Å². The van der Waals surface area contributed by atoms with E-state index in [4.69, 9.17) is 0 Å². The minimum atomic E-state index is -1.48. The lowest BCUT2D eigenvalue weighted by atomic mass is 10.1. The molecule has 1 amide bonds.